The number of carbonyl (C=O) groups excluding carboxylic acids is 1. The van der Waals surface area contributed by atoms with Crippen LogP contribution in [0.2, 0.25) is 0 Å². The van der Waals surface area contributed by atoms with Crippen LogP contribution >= 0.6 is 0 Å². The van der Waals surface area contributed by atoms with Crippen molar-refractivity contribution >= 4 is 33.3 Å². The Labute approximate surface area is 153 Å². The lowest BCUT2D eigenvalue weighted by Gasteiger charge is -2.16. The van der Waals surface area contributed by atoms with Crippen LogP contribution in [-0.4, -0.2) is 31.9 Å². The molecule has 1 amide bonds. The molecule has 0 unspecified atom stereocenters. The first-order chi connectivity index (χ1) is 12.7. The molecule has 1 fully saturated rings. The van der Waals surface area contributed by atoms with Gasteiger partial charge in [-0.1, -0.05) is 0 Å². The SMILES string of the molecule is O=C(O)[C@H]1CC(=O)N(c2ccc(S(=O)(=O)Nc3ccc(F)cc3F)cc2)C1. The first kappa shape index (κ1) is 18.8. The van der Waals surface area contributed by atoms with E-state index in [1.807, 2.05) is 4.72 Å². The number of rotatable bonds is 5. The predicted molar refractivity (Wildman–Crippen MR) is 91.7 cm³/mol. The number of anilines is 2. The fourth-order valence-corrected chi connectivity index (χ4v) is 3.77. The number of amides is 1. The molecule has 2 aromatic rings. The normalized spacial score (nSPS) is 17.2. The standard InChI is InChI=1S/C17H14F2N2O5S/c18-11-1-6-15(14(19)8-11)20-27(25,26)13-4-2-12(3-5-13)21-9-10(17(23)24)7-16(21)22/h1-6,8,10,20H,7,9H2,(H,23,24)/t10-/m0/s1. The summed E-state index contributed by atoms with van der Waals surface area (Å²) in [6.45, 7) is -0.000690. The van der Waals surface area contributed by atoms with Crippen LogP contribution in [0.25, 0.3) is 0 Å². The fraction of sp³-hybridized carbons (Fsp3) is 0.176. The van der Waals surface area contributed by atoms with Crippen LogP contribution in [0.1, 0.15) is 6.42 Å². The van der Waals surface area contributed by atoms with Crippen LogP contribution in [0.3, 0.4) is 0 Å². The molecule has 1 aliphatic heterocycles. The van der Waals surface area contributed by atoms with Gasteiger partial charge in [0.05, 0.1) is 16.5 Å². The zero-order valence-corrected chi connectivity index (χ0v) is 14.5. The zero-order chi connectivity index (χ0) is 19.8. The van der Waals surface area contributed by atoms with Crippen molar-refractivity contribution in [2.45, 2.75) is 11.3 Å². The molecule has 2 N–H and O–H groups in total. The van der Waals surface area contributed by atoms with E-state index in [9.17, 15) is 26.8 Å². The van der Waals surface area contributed by atoms with E-state index in [2.05, 4.69) is 0 Å². The summed E-state index contributed by atoms with van der Waals surface area (Å²) in [6.07, 6.45) is -0.124. The van der Waals surface area contributed by atoms with E-state index in [1.54, 1.807) is 0 Å². The molecule has 27 heavy (non-hydrogen) atoms. The van der Waals surface area contributed by atoms with Gasteiger partial charge in [0, 0.05) is 24.7 Å². The Morgan fingerprint density at radius 3 is 2.37 bits per heavy atom. The van der Waals surface area contributed by atoms with Crippen LogP contribution in [0.5, 0.6) is 0 Å². The number of aliphatic carboxylic acids is 1. The van der Waals surface area contributed by atoms with E-state index in [1.165, 1.54) is 29.2 Å². The van der Waals surface area contributed by atoms with Crippen molar-refractivity contribution in [3.8, 4) is 0 Å². The third kappa shape index (κ3) is 3.90. The summed E-state index contributed by atoms with van der Waals surface area (Å²) < 4.78 is 53.3. The van der Waals surface area contributed by atoms with Crippen LogP contribution in [-0.2, 0) is 19.6 Å². The summed E-state index contributed by atoms with van der Waals surface area (Å²) in [5.41, 5.74) is -0.0461. The maximum absolute atomic E-state index is 13.7. The lowest BCUT2D eigenvalue weighted by atomic mass is 10.1. The van der Waals surface area contributed by atoms with Gasteiger partial charge in [-0.15, -0.1) is 0 Å². The summed E-state index contributed by atoms with van der Waals surface area (Å²) in [4.78, 5) is 24.0. The minimum atomic E-state index is -4.14. The lowest BCUT2D eigenvalue weighted by Crippen LogP contribution is -2.25. The van der Waals surface area contributed by atoms with Gasteiger partial charge in [-0.2, -0.15) is 0 Å². The van der Waals surface area contributed by atoms with E-state index >= 15 is 0 Å². The van der Waals surface area contributed by atoms with Crippen LogP contribution < -0.4 is 9.62 Å². The van der Waals surface area contributed by atoms with Gasteiger partial charge in [-0.25, -0.2) is 17.2 Å². The molecule has 0 aromatic heterocycles. The van der Waals surface area contributed by atoms with Gasteiger partial charge in [0.2, 0.25) is 5.91 Å². The molecule has 3 rings (SSSR count). The van der Waals surface area contributed by atoms with E-state index < -0.39 is 39.2 Å². The number of halogens is 2. The summed E-state index contributed by atoms with van der Waals surface area (Å²) >= 11 is 0. The number of hydrogen-bond donors (Lipinski definition) is 2. The lowest BCUT2D eigenvalue weighted by molar-refractivity contribution is -0.141. The van der Waals surface area contributed by atoms with Crippen LogP contribution in [0, 0.1) is 17.6 Å². The van der Waals surface area contributed by atoms with Crippen LogP contribution in [0.4, 0.5) is 20.2 Å². The number of nitrogens with one attached hydrogen (secondary N) is 1. The van der Waals surface area contributed by atoms with Crippen LogP contribution in [0.15, 0.2) is 47.4 Å². The minimum Gasteiger partial charge on any atom is -0.481 e. The minimum absolute atomic E-state index is 0.000690. The molecule has 0 aliphatic carbocycles. The highest BCUT2D eigenvalue weighted by atomic mass is 32.2. The third-order valence-corrected chi connectivity index (χ3v) is 5.49. The van der Waals surface area contributed by atoms with Crippen molar-refractivity contribution < 1.29 is 31.9 Å². The maximum atomic E-state index is 13.7. The molecule has 1 aliphatic rings. The largest absolute Gasteiger partial charge is 0.481 e. The Kier molecular flexibility index (Phi) is 4.83. The number of carboxylic acids is 1. The fourth-order valence-electron chi connectivity index (χ4n) is 2.70. The average Bonchev–Trinajstić information content (AvgIpc) is 3.00. The molecule has 142 valence electrons. The van der Waals surface area contributed by atoms with Crippen molar-refractivity contribution in [1.82, 2.24) is 0 Å². The first-order valence-electron chi connectivity index (χ1n) is 7.78. The van der Waals surface area contributed by atoms with Gasteiger partial charge in [0.15, 0.2) is 0 Å². The second-order valence-electron chi connectivity index (χ2n) is 5.97. The molecule has 7 nitrogen and oxygen atoms in total. The molecule has 10 heteroatoms. The van der Waals surface area contributed by atoms with E-state index in [-0.39, 0.29) is 23.8 Å². The molecule has 0 spiro atoms. The zero-order valence-electron chi connectivity index (χ0n) is 13.7. The van der Waals surface area contributed by atoms with Crippen molar-refractivity contribution in [2.24, 2.45) is 5.92 Å². The smallest absolute Gasteiger partial charge is 0.308 e. The third-order valence-electron chi connectivity index (χ3n) is 4.11. The number of carbonyl (C=O) groups is 2. The number of nitrogens with zero attached hydrogens (tertiary/aromatic N) is 1. The van der Waals surface area contributed by atoms with Crippen molar-refractivity contribution in [2.75, 3.05) is 16.2 Å². The molecule has 1 atom stereocenters. The highest BCUT2D eigenvalue weighted by Gasteiger charge is 2.35. The molecule has 2 aromatic carbocycles. The number of sulfonamides is 1. The number of hydrogen-bond acceptors (Lipinski definition) is 4. The topological polar surface area (TPSA) is 104 Å². The van der Waals surface area contributed by atoms with Crippen molar-refractivity contribution in [1.29, 1.82) is 0 Å². The summed E-state index contributed by atoms with van der Waals surface area (Å²) in [7, 11) is -4.14. The molecule has 1 saturated heterocycles. The van der Waals surface area contributed by atoms with Gasteiger partial charge in [0.25, 0.3) is 10.0 Å². The second kappa shape index (κ2) is 6.95. The Hall–Kier alpha value is -3.01. The van der Waals surface area contributed by atoms with E-state index in [0.29, 0.717) is 11.8 Å². The molecule has 1 heterocycles. The second-order valence-corrected chi connectivity index (χ2v) is 7.65. The molecular weight excluding hydrogens is 382 g/mol. The summed E-state index contributed by atoms with van der Waals surface area (Å²) in [5.74, 6) is -4.16. The Bertz CT molecular complexity index is 1010. The summed E-state index contributed by atoms with van der Waals surface area (Å²) in [5, 5.41) is 9.01. The number of benzene rings is 2. The van der Waals surface area contributed by atoms with Gasteiger partial charge in [-0.05, 0) is 36.4 Å². The average molecular weight is 396 g/mol. The summed E-state index contributed by atoms with van der Waals surface area (Å²) in [6, 6.07) is 7.57. The molecule has 0 saturated carbocycles. The van der Waals surface area contributed by atoms with Gasteiger partial charge < -0.3 is 10.0 Å². The van der Waals surface area contributed by atoms with Gasteiger partial charge in [-0.3, -0.25) is 14.3 Å². The highest BCUT2D eigenvalue weighted by molar-refractivity contribution is 7.92. The molecule has 0 bridgehead atoms. The van der Waals surface area contributed by atoms with Crippen molar-refractivity contribution in [3.63, 3.8) is 0 Å². The molecule has 0 radical (unpaired) electrons. The highest BCUT2D eigenvalue weighted by Crippen LogP contribution is 2.27. The van der Waals surface area contributed by atoms with Crippen molar-refractivity contribution in [3.05, 3.63) is 54.1 Å². The predicted octanol–water partition coefficient (Wildman–Crippen LogP) is 2.20. The quantitative estimate of drug-likeness (QED) is 0.807. The monoisotopic (exact) mass is 396 g/mol. The maximum Gasteiger partial charge on any atom is 0.308 e. The Morgan fingerprint density at radius 1 is 1.15 bits per heavy atom. The first-order valence-corrected chi connectivity index (χ1v) is 9.27. The van der Waals surface area contributed by atoms with Gasteiger partial charge in [0.1, 0.15) is 11.6 Å². The van der Waals surface area contributed by atoms with Gasteiger partial charge >= 0.3 is 5.97 Å². The number of carboxylic acid groups (broad SMARTS) is 1. The van der Waals surface area contributed by atoms with E-state index in [4.69, 9.17) is 5.11 Å². The van der Waals surface area contributed by atoms with E-state index in [0.717, 1.165) is 12.1 Å². The molecular formula is C17H14F2N2O5S. The Balaban J connectivity index is 1.80. The Morgan fingerprint density at radius 2 is 1.81 bits per heavy atom.